The predicted octanol–water partition coefficient (Wildman–Crippen LogP) is -0.410. The standard InChI is InChI=1S/C31H40O15/c1-15-24(35)26(37)27(38)31(44-15)46-29-25(36)22(14-43-23(34)9-6-16-4-7-18(32)21(13-16)41-3)45-30(28(29)39)42-11-10-17-5-8-20(40-2)19(33)12-17/h4-9,12-13,15,22,24-33,35-39H,10-11,14H2,1-3H3/b9-6+. The number of aliphatic hydroxyl groups is 5. The number of benzene rings is 2. The van der Waals surface area contributed by atoms with Gasteiger partial charge in [0.15, 0.2) is 35.6 Å². The van der Waals surface area contributed by atoms with Crippen LogP contribution in [0.3, 0.4) is 0 Å². The van der Waals surface area contributed by atoms with Gasteiger partial charge in [0.05, 0.1) is 26.9 Å². The van der Waals surface area contributed by atoms with Crippen molar-refractivity contribution in [3.05, 3.63) is 53.6 Å². The first-order valence-electron chi connectivity index (χ1n) is 14.5. The summed E-state index contributed by atoms with van der Waals surface area (Å²) in [6, 6.07) is 9.23. The molecule has 2 fully saturated rings. The summed E-state index contributed by atoms with van der Waals surface area (Å²) in [6.45, 7) is 0.917. The van der Waals surface area contributed by atoms with Crippen molar-refractivity contribution in [3.63, 3.8) is 0 Å². The molecule has 10 atom stereocenters. The summed E-state index contributed by atoms with van der Waals surface area (Å²) >= 11 is 0. The van der Waals surface area contributed by atoms with Crippen molar-refractivity contribution < 1.29 is 73.7 Å². The van der Waals surface area contributed by atoms with E-state index < -0.39 is 74.0 Å². The van der Waals surface area contributed by atoms with Crippen molar-refractivity contribution >= 4 is 12.0 Å². The number of hydrogen-bond donors (Lipinski definition) is 7. The highest BCUT2D eigenvalue weighted by Gasteiger charge is 2.50. The van der Waals surface area contributed by atoms with Crippen LogP contribution in [0.15, 0.2) is 42.5 Å². The van der Waals surface area contributed by atoms with Gasteiger partial charge in [0.1, 0.15) is 49.3 Å². The van der Waals surface area contributed by atoms with Gasteiger partial charge in [0, 0.05) is 6.08 Å². The minimum Gasteiger partial charge on any atom is -0.504 e. The van der Waals surface area contributed by atoms with Crippen LogP contribution >= 0.6 is 0 Å². The first-order valence-corrected chi connectivity index (χ1v) is 14.5. The molecule has 15 nitrogen and oxygen atoms in total. The number of phenols is 2. The molecule has 2 aromatic rings. The van der Waals surface area contributed by atoms with Crippen LogP contribution in [0.4, 0.5) is 0 Å². The number of aromatic hydroxyl groups is 2. The van der Waals surface area contributed by atoms with Crippen LogP contribution in [0, 0.1) is 0 Å². The Labute approximate surface area is 264 Å². The van der Waals surface area contributed by atoms with E-state index in [4.69, 9.17) is 33.2 Å². The highest BCUT2D eigenvalue weighted by atomic mass is 16.7. The van der Waals surface area contributed by atoms with Crippen molar-refractivity contribution in [2.45, 2.75) is 74.8 Å². The second-order valence-corrected chi connectivity index (χ2v) is 10.8. The molecule has 15 heteroatoms. The lowest BCUT2D eigenvalue weighted by Gasteiger charge is -2.45. The molecule has 2 aliphatic heterocycles. The summed E-state index contributed by atoms with van der Waals surface area (Å²) in [6.07, 6.45) is -12.0. The van der Waals surface area contributed by atoms with Crippen molar-refractivity contribution in [3.8, 4) is 23.0 Å². The zero-order valence-corrected chi connectivity index (χ0v) is 25.4. The second kappa shape index (κ2) is 15.9. The Morgan fingerprint density at radius 3 is 2.26 bits per heavy atom. The summed E-state index contributed by atoms with van der Waals surface area (Å²) < 4.78 is 38.1. The van der Waals surface area contributed by atoms with Crippen LogP contribution in [0.1, 0.15) is 18.1 Å². The number of phenolic OH excluding ortho intramolecular Hbond substituents is 2. The van der Waals surface area contributed by atoms with Crippen LogP contribution in [0.2, 0.25) is 0 Å². The maximum absolute atomic E-state index is 12.5. The van der Waals surface area contributed by atoms with Gasteiger partial charge >= 0.3 is 5.97 Å². The average Bonchev–Trinajstić information content (AvgIpc) is 3.04. The van der Waals surface area contributed by atoms with E-state index in [2.05, 4.69) is 0 Å². The molecular formula is C31H40O15. The molecule has 10 unspecified atom stereocenters. The van der Waals surface area contributed by atoms with Crippen LogP contribution < -0.4 is 9.47 Å². The number of ether oxygens (including phenoxy) is 7. The molecule has 0 amide bonds. The molecule has 2 aromatic carbocycles. The Hall–Kier alpha value is -3.51. The molecule has 0 aliphatic carbocycles. The number of rotatable bonds is 12. The van der Waals surface area contributed by atoms with Gasteiger partial charge in [0.25, 0.3) is 0 Å². The zero-order valence-electron chi connectivity index (χ0n) is 25.4. The van der Waals surface area contributed by atoms with Crippen molar-refractivity contribution in [2.24, 2.45) is 0 Å². The van der Waals surface area contributed by atoms with Crippen LogP contribution in [-0.2, 0) is 34.9 Å². The molecule has 4 rings (SSSR count). The maximum Gasteiger partial charge on any atom is 0.330 e. The average molecular weight is 653 g/mol. The van der Waals surface area contributed by atoms with Gasteiger partial charge in [-0.15, -0.1) is 0 Å². The minimum absolute atomic E-state index is 0.0217. The first kappa shape index (κ1) is 35.3. The highest BCUT2D eigenvalue weighted by Crippen LogP contribution is 2.31. The Morgan fingerprint density at radius 1 is 0.826 bits per heavy atom. The van der Waals surface area contributed by atoms with Crippen molar-refractivity contribution in [2.75, 3.05) is 27.4 Å². The zero-order chi connectivity index (χ0) is 33.5. The molecule has 2 heterocycles. The molecule has 0 spiro atoms. The highest BCUT2D eigenvalue weighted by molar-refractivity contribution is 5.87. The summed E-state index contributed by atoms with van der Waals surface area (Å²) in [5, 5.41) is 72.7. The number of esters is 1. The van der Waals surface area contributed by atoms with E-state index in [-0.39, 0.29) is 30.3 Å². The number of carbonyl (C=O) groups excluding carboxylic acids is 1. The van der Waals surface area contributed by atoms with Gasteiger partial charge in [0.2, 0.25) is 0 Å². The topological polar surface area (TPSA) is 223 Å². The summed E-state index contributed by atoms with van der Waals surface area (Å²) in [7, 11) is 2.80. The van der Waals surface area contributed by atoms with E-state index >= 15 is 0 Å². The lowest BCUT2D eigenvalue weighted by atomic mass is 9.97. The number of carbonyl (C=O) groups is 1. The van der Waals surface area contributed by atoms with Crippen LogP contribution in [0.5, 0.6) is 23.0 Å². The van der Waals surface area contributed by atoms with Gasteiger partial charge in [-0.05, 0) is 54.8 Å². The molecule has 0 saturated carbocycles. The van der Waals surface area contributed by atoms with Gasteiger partial charge in [-0.1, -0.05) is 12.1 Å². The van der Waals surface area contributed by atoms with E-state index in [9.17, 15) is 40.5 Å². The van der Waals surface area contributed by atoms with Gasteiger partial charge in [-0.2, -0.15) is 0 Å². The molecule has 0 bridgehead atoms. The molecule has 0 aromatic heterocycles. The SMILES string of the molecule is COc1ccc(CCOC2OC(COC(=O)/C=C/c3ccc(O)c(OC)c3)C(O)C(OC3OC(C)C(O)C(O)C3O)C2O)cc1O. The molecule has 254 valence electrons. The Kier molecular flexibility index (Phi) is 12.2. The third-order valence-corrected chi connectivity index (χ3v) is 7.66. The fourth-order valence-electron chi connectivity index (χ4n) is 4.98. The largest absolute Gasteiger partial charge is 0.504 e. The third-order valence-electron chi connectivity index (χ3n) is 7.66. The number of methoxy groups -OCH3 is 2. The van der Waals surface area contributed by atoms with E-state index in [1.165, 1.54) is 45.4 Å². The molecule has 2 saturated heterocycles. The fourth-order valence-corrected chi connectivity index (χ4v) is 4.98. The van der Waals surface area contributed by atoms with E-state index in [1.807, 2.05) is 0 Å². The summed E-state index contributed by atoms with van der Waals surface area (Å²) in [5.41, 5.74) is 1.21. The third kappa shape index (κ3) is 8.44. The van der Waals surface area contributed by atoms with E-state index in [0.29, 0.717) is 16.9 Å². The van der Waals surface area contributed by atoms with Gasteiger partial charge < -0.3 is 68.9 Å². The Bertz CT molecular complexity index is 1340. The monoisotopic (exact) mass is 652 g/mol. The first-order chi connectivity index (χ1) is 21.9. The quantitative estimate of drug-likeness (QED) is 0.114. The molecule has 2 aliphatic rings. The Balaban J connectivity index is 1.44. The van der Waals surface area contributed by atoms with Crippen molar-refractivity contribution in [1.82, 2.24) is 0 Å². The molecule has 0 radical (unpaired) electrons. The fraction of sp³-hybridized carbons (Fsp3) is 0.516. The normalized spacial score (nSPS) is 31.5. The number of hydrogen-bond acceptors (Lipinski definition) is 15. The van der Waals surface area contributed by atoms with Crippen LogP contribution in [0.25, 0.3) is 6.08 Å². The second-order valence-electron chi connectivity index (χ2n) is 10.8. The van der Waals surface area contributed by atoms with E-state index in [0.717, 1.165) is 6.08 Å². The minimum atomic E-state index is -1.73. The Morgan fingerprint density at radius 2 is 1.57 bits per heavy atom. The summed E-state index contributed by atoms with van der Waals surface area (Å²) in [4.78, 5) is 12.5. The van der Waals surface area contributed by atoms with Crippen LogP contribution in [-0.4, -0.2) is 131 Å². The smallest absolute Gasteiger partial charge is 0.330 e. The summed E-state index contributed by atoms with van der Waals surface area (Å²) in [5.74, 6) is -0.454. The van der Waals surface area contributed by atoms with Gasteiger partial charge in [-0.3, -0.25) is 0 Å². The molecule has 7 N–H and O–H groups in total. The lowest BCUT2D eigenvalue weighted by Crippen LogP contribution is -2.64. The van der Waals surface area contributed by atoms with E-state index in [1.54, 1.807) is 18.2 Å². The maximum atomic E-state index is 12.5. The number of aliphatic hydroxyl groups excluding tert-OH is 5. The molecule has 46 heavy (non-hydrogen) atoms. The van der Waals surface area contributed by atoms with Gasteiger partial charge in [-0.25, -0.2) is 4.79 Å². The predicted molar refractivity (Wildman–Crippen MR) is 157 cm³/mol. The lowest BCUT2D eigenvalue weighted by molar-refractivity contribution is -0.357. The molecular weight excluding hydrogens is 612 g/mol. The van der Waals surface area contributed by atoms with Crippen molar-refractivity contribution in [1.29, 1.82) is 0 Å².